The van der Waals surface area contributed by atoms with Crippen molar-refractivity contribution in [1.82, 2.24) is 4.90 Å². The van der Waals surface area contributed by atoms with Crippen molar-refractivity contribution < 1.29 is 23.1 Å². The van der Waals surface area contributed by atoms with Gasteiger partial charge >= 0.3 is 5.97 Å². The summed E-state index contributed by atoms with van der Waals surface area (Å²) >= 11 is 0. The van der Waals surface area contributed by atoms with E-state index in [4.69, 9.17) is 10.8 Å². The smallest absolute Gasteiger partial charge is 0.305 e. The Balaban J connectivity index is 2.15. The first-order chi connectivity index (χ1) is 9.30. The molecular formula is C12H20N2O5S. The topological polar surface area (TPSA) is 118 Å². The van der Waals surface area contributed by atoms with Crippen LogP contribution in [0.3, 0.4) is 0 Å². The number of carbonyl (C=O) groups excluding carboxylic acids is 1. The first-order valence-electron chi connectivity index (χ1n) is 6.78. The molecule has 1 amide bonds. The highest BCUT2D eigenvalue weighted by Gasteiger charge is 2.40. The number of carbonyl (C=O) groups is 2. The van der Waals surface area contributed by atoms with Crippen LogP contribution in [0, 0.1) is 5.92 Å². The first kappa shape index (κ1) is 15.2. The van der Waals surface area contributed by atoms with E-state index in [1.165, 1.54) is 4.90 Å². The number of carboxylic acids is 1. The SMILES string of the molecule is NC1CCCC1C(=O)N1CCS(=O)(=O)CC1CC(=O)O. The molecule has 3 unspecified atom stereocenters. The maximum atomic E-state index is 12.5. The van der Waals surface area contributed by atoms with Gasteiger partial charge < -0.3 is 15.7 Å². The van der Waals surface area contributed by atoms with Crippen LogP contribution in [0.15, 0.2) is 0 Å². The molecule has 2 aliphatic rings. The molecule has 1 heterocycles. The van der Waals surface area contributed by atoms with Crippen LogP contribution in [0.25, 0.3) is 0 Å². The number of nitrogens with two attached hydrogens (primary N) is 1. The molecule has 1 saturated carbocycles. The first-order valence-corrected chi connectivity index (χ1v) is 8.60. The van der Waals surface area contributed by atoms with Gasteiger partial charge in [0.2, 0.25) is 5.91 Å². The Morgan fingerprint density at radius 3 is 2.55 bits per heavy atom. The molecule has 2 fully saturated rings. The van der Waals surface area contributed by atoms with Crippen LogP contribution in [0.4, 0.5) is 0 Å². The van der Waals surface area contributed by atoms with Crippen LogP contribution in [0.1, 0.15) is 25.7 Å². The Morgan fingerprint density at radius 1 is 1.30 bits per heavy atom. The molecule has 1 saturated heterocycles. The number of aliphatic carboxylic acids is 1. The zero-order chi connectivity index (χ0) is 14.9. The molecule has 0 radical (unpaired) electrons. The number of nitrogens with zero attached hydrogens (tertiary/aromatic N) is 1. The molecular weight excluding hydrogens is 284 g/mol. The summed E-state index contributed by atoms with van der Waals surface area (Å²) in [5.74, 6) is -1.95. The van der Waals surface area contributed by atoms with Gasteiger partial charge in [0.25, 0.3) is 0 Å². The van der Waals surface area contributed by atoms with Gasteiger partial charge in [-0.15, -0.1) is 0 Å². The van der Waals surface area contributed by atoms with Gasteiger partial charge in [0, 0.05) is 12.6 Å². The third-order valence-corrected chi connectivity index (χ3v) is 5.81. The predicted molar refractivity (Wildman–Crippen MR) is 71.7 cm³/mol. The van der Waals surface area contributed by atoms with Crippen LogP contribution in [0.2, 0.25) is 0 Å². The lowest BCUT2D eigenvalue weighted by Gasteiger charge is -2.37. The maximum absolute atomic E-state index is 12.5. The van der Waals surface area contributed by atoms with E-state index in [2.05, 4.69) is 0 Å². The fourth-order valence-corrected chi connectivity index (χ4v) is 4.58. The van der Waals surface area contributed by atoms with Gasteiger partial charge in [-0.05, 0) is 12.8 Å². The highest BCUT2D eigenvalue weighted by atomic mass is 32.2. The summed E-state index contributed by atoms with van der Waals surface area (Å²) in [5, 5.41) is 8.90. The molecule has 0 aromatic rings. The molecule has 1 aliphatic heterocycles. The van der Waals surface area contributed by atoms with Crippen molar-refractivity contribution in [2.24, 2.45) is 11.7 Å². The monoisotopic (exact) mass is 304 g/mol. The zero-order valence-corrected chi connectivity index (χ0v) is 12.0. The van der Waals surface area contributed by atoms with Crippen molar-refractivity contribution in [2.45, 2.75) is 37.8 Å². The summed E-state index contributed by atoms with van der Waals surface area (Å²) in [6.07, 6.45) is 2.02. The van der Waals surface area contributed by atoms with Gasteiger partial charge in [0.15, 0.2) is 9.84 Å². The van der Waals surface area contributed by atoms with Crippen molar-refractivity contribution >= 4 is 21.7 Å². The zero-order valence-electron chi connectivity index (χ0n) is 11.2. The van der Waals surface area contributed by atoms with Crippen LogP contribution < -0.4 is 5.73 Å². The van der Waals surface area contributed by atoms with E-state index in [9.17, 15) is 18.0 Å². The molecule has 8 heteroatoms. The molecule has 3 atom stereocenters. The minimum Gasteiger partial charge on any atom is -0.481 e. The molecule has 114 valence electrons. The summed E-state index contributed by atoms with van der Waals surface area (Å²) in [6.45, 7) is 0.0718. The Labute approximate surface area is 118 Å². The van der Waals surface area contributed by atoms with Crippen molar-refractivity contribution in [1.29, 1.82) is 0 Å². The van der Waals surface area contributed by atoms with Gasteiger partial charge in [-0.2, -0.15) is 0 Å². The molecule has 7 nitrogen and oxygen atoms in total. The van der Waals surface area contributed by atoms with Gasteiger partial charge in [-0.1, -0.05) is 6.42 Å². The van der Waals surface area contributed by atoms with E-state index in [-0.39, 0.29) is 42.3 Å². The van der Waals surface area contributed by atoms with Gasteiger partial charge in [0.1, 0.15) is 0 Å². The van der Waals surface area contributed by atoms with E-state index in [0.717, 1.165) is 12.8 Å². The van der Waals surface area contributed by atoms with E-state index in [1.807, 2.05) is 0 Å². The average Bonchev–Trinajstić information content (AvgIpc) is 2.73. The Kier molecular flexibility index (Phi) is 4.33. The molecule has 0 aromatic heterocycles. The van der Waals surface area contributed by atoms with Crippen LogP contribution in [-0.2, 0) is 19.4 Å². The van der Waals surface area contributed by atoms with Gasteiger partial charge in [-0.3, -0.25) is 9.59 Å². The van der Waals surface area contributed by atoms with Crippen molar-refractivity contribution in [3.63, 3.8) is 0 Å². The molecule has 20 heavy (non-hydrogen) atoms. The lowest BCUT2D eigenvalue weighted by Crippen LogP contribution is -2.55. The summed E-state index contributed by atoms with van der Waals surface area (Å²) in [5.41, 5.74) is 5.90. The normalized spacial score (nSPS) is 33.0. The van der Waals surface area contributed by atoms with E-state index < -0.39 is 21.8 Å². The molecule has 0 spiro atoms. The Morgan fingerprint density at radius 2 is 2.00 bits per heavy atom. The third kappa shape index (κ3) is 3.29. The molecule has 0 aromatic carbocycles. The highest BCUT2D eigenvalue weighted by molar-refractivity contribution is 7.91. The summed E-state index contributed by atoms with van der Waals surface area (Å²) in [6, 6.07) is -0.974. The number of hydrogen-bond donors (Lipinski definition) is 2. The highest BCUT2D eigenvalue weighted by Crippen LogP contribution is 2.28. The quantitative estimate of drug-likeness (QED) is 0.706. The largest absolute Gasteiger partial charge is 0.481 e. The summed E-state index contributed by atoms with van der Waals surface area (Å²) in [4.78, 5) is 24.8. The van der Waals surface area contributed by atoms with E-state index in [1.54, 1.807) is 0 Å². The van der Waals surface area contributed by atoms with Crippen molar-refractivity contribution in [2.75, 3.05) is 18.1 Å². The van der Waals surface area contributed by atoms with Gasteiger partial charge in [-0.25, -0.2) is 8.42 Å². The van der Waals surface area contributed by atoms with E-state index in [0.29, 0.717) is 6.42 Å². The molecule has 3 N–H and O–H groups in total. The second-order valence-corrected chi connectivity index (χ2v) is 7.83. The van der Waals surface area contributed by atoms with Crippen LogP contribution >= 0.6 is 0 Å². The fourth-order valence-electron chi connectivity index (χ4n) is 3.06. The predicted octanol–water partition coefficient (Wildman–Crippen LogP) is -0.786. The second kappa shape index (κ2) is 5.69. The average molecular weight is 304 g/mol. The second-order valence-electron chi connectivity index (χ2n) is 5.60. The van der Waals surface area contributed by atoms with Crippen molar-refractivity contribution in [3.8, 4) is 0 Å². The standard InChI is InChI=1S/C12H20N2O5S/c13-10-3-1-2-9(10)12(17)14-4-5-20(18,19)7-8(14)6-11(15)16/h8-10H,1-7,13H2,(H,15,16). The number of hydrogen-bond acceptors (Lipinski definition) is 5. The number of rotatable bonds is 3. The summed E-state index contributed by atoms with van der Waals surface area (Å²) in [7, 11) is -3.27. The van der Waals surface area contributed by atoms with Crippen LogP contribution in [-0.4, -0.2) is 60.4 Å². The van der Waals surface area contributed by atoms with Gasteiger partial charge in [0.05, 0.1) is 29.9 Å². The molecule has 2 rings (SSSR count). The maximum Gasteiger partial charge on any atom is 0.305 e. The molecule has 0 bridgehead atoms. The Hall–Kier alpha value is -1.15. The lowest BCUT2D eigenvalue weighted by atomic mass is 10.0. The fraction of sp³-hybridized carbons (Fsp3) is 0.833. The minimum atomic E-state index is -3.27. The van der Waals surface area contributed by atoms with Crippen LogP contribution in [0.5, 0.6) is 0 Å². The number of sulfone groups is 1. The summed E-state index contributed by atoms with van der Waals surface area (Å²) < 4.78 is 23.3. The third-order valence-electron chi connectivity index (χ3n) is 4.11. The minimum absolute atomic E-state index is 0.0718. The number of carboxylic acid groups (broad SMARTS) is 1. The molecule has 1 aliphatic carbocycles. The Bertz CT molecular complexity index is 504. The number of amides is 1. The van der Waals surface area contributed by atoms with E-state index >= 15 is 0 Å². The van der Waals surface area contributed by atoms with Crippen molar-refractivity contribution in [3.05, 3.63) is 0 Å². The lowest BCUT2D eigenvalue weighted by molar-refractivity contribution is -0.142.